The molecule has 168 valence electrons. The van der Waals surface area contributed by atoms with Gasteiger partial charge in [0.2, 0.25) is 0 Å². The molecule has 32 heavy (non-hydrogen) atoms. The lowest BCUT2D eigenvalue weighted by molar-refractivity contribution is -0.137. The number of halogens is 3. The molecule has 3 aromatic rings. The van der Waals surface area contributed by atoms with Crippen molar-refractivity contribution in [1.82, 2.24) is 0 Å². The first-order chi connectivity index (χ1) is 15.2. The summed E-state index contributed by atoms with van der Waals surface area (Å²) in [6.45, 7) is 0. The number of methoxy groups -OCH3 is 1. The highest BCUT2D eigenvalue weighted by molar-refractivity contribution is 7.80. The van der Waals surface area contributed by atoms with Crippen LogP contribution < -0.4 is 9.46 Å². The summed E-state index contributed by atoms with van der Waals surface area (Å²) in [4.78, 5) is 13.0. The average Bonchev–Trinajstić information content (AvgIpc) is 2.77. The number of anilines is 1. The Morgan fingerprint density at radius 1 is 1.03 bits per heavy atom. The maximum Gasteiger partial charge on any atom is 0.416 e. The van der Waals surface area contributed by atoms with Crippen molar-refractivity contribution in [2.75, 3.05) is 11.8 Å². The van der Waals surface area contributed by atoms with E-state index in [1.165, 1.54) is 19.2 Å². The number of ketones is 1. The van der Waals surface area contributed by atoms with E-state index in [0.717, 1.165) is 12.1 Å². The molecule has 0 saturated heterocycles. The summed E-state index contributed by atoms with van der Waals surface area (Å²) < 4.78 is 66.3. The molecular formula is C23H20F3NO4S. The second kappa shape index (κ2) is 9.97. The molecule has 0 saturated carbocycles. The fraction of sp³-hybridized carbons (Fsp3) is 0.174. The minimum atomic E-state index is -4.46. The molecule has 0 amide bonds. The van der Waals surface area contributed by atoms with Gasteiger partial charge in [-0.25, -0.2) is 4.21 Å². The molecule has 0 aliphatic rings. The van der Waals surface area contributed by atoms with Crippen LogP contribution in [0.1, 0.15) is 39.4 Å². The van der Waals surface area contributed by atoms with Crippen LogP contribution >= 0.6 is 0 Å². The molecule has 2 N–H and O–H groups in total. The third kappa shape index (κ3) is 5.95. The first-order valence-corrected chi connectivity index (χ1v) is 10.6. The summed E-state index contributed by atoms with van der Waals surface area (Å²) in [5.41, 5.74) is 1.26. The Balaban J connectivity index is 1.95. The zero-order valence-electron chi connectivity index (χ0n) is 16.9. The van der Waals surface area contributed by atoms with E-state index in [1.807, 2.05) is 0 Å². The second-order valence-corrected chi connectivity index (χ2v) is 7.71. The maximum absolute atomic E-state index is 13.0. The molecule has 0 spiro atoms. The minimum absolute atomic E-state index is 0.0111. The standard InChI is InChI=1S/C23H20F3NO4S/c1-31-20-4-2-3-17(13-20)22(28)14-21(15-5-9-18(10-6-15)23(24,25)26)16-7-11-19(12-8-16)27-32(29)30/h2-13,21,27H,14H2,1H3,(H,29,30). The Morgan fingerprint density at radius 2 is 1.62 bits per heavy atom. The van der Waals surface area contributed by atoms with E-state index in [0.29, 0.717) is 28.1 Å². The molecule has 2 atom stereocenters. The number of alkyl halides is 3. The normalized spacial score (nSPS) is 13.3. The molecule has 3 aromatic carbocycles. The number of benzene rings is 3. The van der Waals surface area contributed by atoms with Gasteiger partial charge in [-0.2, -0.15) is 13.2 Å². The third-order valence-corrected chi connectivity index (χ3v) is 5.35. The van der Waals surface area contributed by atoms with Crippen LogP contribution in [0.5, 0.6) is 5.75 Å². The first kappa shape index (κ1) is 23.5. The second-order valence-electron chi connectivity index (χ2n) is 7.00. The molecular weight excluding hydrogens is 443 g/mol. The van der Waals surface area contributed by atoms with E-state index in [-0.39, 0.29) is 12.2 Å². The van der Waals surface area contributed by atoms with Crippen molar-refractivity contribution >= 4 is 22.7 Å². The maximum atomic E-state index is 13.0. The van der Waals surface area contributed by atoms with E-state index in [1.54, 1.807) is 48.5 Å². The Kier molecular flexibility index (Phi) is 7.32. The Morgan fingerprint density at radius 3 is 2.16 bits per heavy atom. The van der Waals surface area contributed by atoms with Gasteiger partial charge in [-0.15, -0.1) is 0 Å². The predicted octanol–water partition coefficient (Wildman–Crippen LogP) is 5.67. The number of hydrogen-bond acceptors (Lipinski definition) is 3. The van der Waals surface area contributed by atoms with Crippen LogP contribution in [0.4, 0.5) is 18.9 Å². The van der Waals surface area contributed by atoms with Crippen molar-refractivity contribution in [2.45, 2.75) is 18.5 Å². The van der Waals surface area contributed by atoms with E-state index >= 15 is 0 Å². The quantitative estimate of drug-likeness (QED) is 0.334. The highest BCUT2D eigenvalue weighted by Crippen LogP contribution is 2.34. The van der Waals surface area contributed by atoms with Crippen LogP contribution in [-0.2, 0) is 17.4 Å². The molecule has 2 unspecified atom stereocenters. The lowest BCUT2D eigenvalue weighted by Gasteiger charge is -2.19. The highest BCUT2D eigenvalue weighted by Gasteiger charge is 2.30. The van der Waals surface area contributed by atoms with Gasteiger partial charge in [0.05, 0.1) is 12.7 Å². The van der Waals surface area contributed by atoms with Gasteiger partial charge >= 0.3 is 6.18 Å². The Bertz CT molecular complexity index is 1100. The van der Waals surface area contributed by atoms with Gasteiger partial charge in [-0.3, -0.25) is 14.1 Å². The van der Waals surface area contributed by atoms with Crippen LogP contribution in [-0.4, -0.2) is 21.7 Å². The number of carbonyl (C=O) groups excluding carboxylic acids is 1. The van der Waals surface area contributed by atoms with Crippen molar-refractivity contribution in [3.8, 4) is 5.75 Å². The van der Waals surface area contributed by atoms with E-state index in [4.69, 9.17) is 9.29 Å². The van der Waals surface area contributed by atoms with E-state index < -0.39 is 28.9 Å². The molecule has 0 aliphatic carbocycles. The van der Waals surface area contributed by atoms with Gasteiger partial charge in [0, 0.05) is 23.6 Å². The smallest absolute Gasteiger partial charge is 0.416 e. The van der Waals surface area contributed by atoms with Crippen LogP contribution in [0.15, 0.2) is 72.8 Å². The lowest BCUT2D eigenvalue weighted by Crippen LogP contribution is -2.11. The number of ether oxygens (including phenoxy) is 1. The molecule has 0 radical (unpaired) electrons. The average molecular weight is 463 g/mol. The fourth-order valence-corrected chi connectivity index (χ4v) is 3.65. The lowest BCUT2D eigenvalue weighted by atomic mass is 9.85. The first-order valence-electron chi connectivity index (χ1n) is 9.49. The molecule has 0 fully saturated rings. The predicted molar refractivity (Wildman–Crippen MR) is 116 cm³/mol. The monoisotopic (exact) mass is 463 g/mol. The van der Waals surface area contributed by atoms with Gasteiger partial charge in [0.25, 0.3) is 11.3 Å². The highest BCUT2D eigenvalue weighted by atomic mass is 32.2. The number of Topliss-reactive ketones (excluding diaryl/α,β-unsaturated/α-hetero) is 1. The number of hydrogen-bond donors (Lipinski definition) is 2. The van der Waals surface area contributed by atoms with E-state index in [9.17, 15) is 22.2 Å². The van der Waals surface area contributed by atoms with Gasteiger partial charge in [-0.1, -0.05) is 36.4 Å². The van der Waals surface area contributed by atoms with Gasteiger partial charge in [-0.05, 0) is 47.5 Å². The van der Waals surface area contributed by atoms with Crippen molar-refractivity contribution in [3.05, 3.63) is 95.1 Å². The van der Waals surface area contributed by atoms with Crippen molar-refractivity contribution in [1.29, 1.82) is 0 Å². The van der Waals surface area contributed by atoms with Crippen molar-refractivity contribution in [3.63, 3.8) is 0 Å². The molecule has 0 aromatic heterocycles. The van der Waals surface area contributed by atoms with Crippen molar-refractivity contribution < 1.29 is 31.5 Å². The third-order valence-electron chi connectivity index (χ3n) is 4.94. The van der Waals surface area contributed by atoms with E-state index in [2.05, 4.69) is 4.72 Å². The molecule has 9 heteroatoms. The van der Waals surface area contributed by atoms with Crippen LogP contribution in [0, 0.1) is 0 Å². The Labute approximate surface area is 185 Å². The number of nitrogens with one attached hydrogen (secondary N) is 1. The molecule has 0 bridgehead atoms. The summed E-state index contributed by atoms with van der Waals surface area (Å²) in [6.07, 6.45) is -4.45. The largest absolute Gasteiger partial charge is 0.497 e. The SMILES string of the molecule is COc1cccc(C(=O)CC(c2ccc(NS(=O)O)cc2)c2ccc(C(F)(F)F)cc2)c1. The summed E-state index contributed by atoms with van der Waals surface area (Å²) in [5.74, 6) is -0.202. The Hall–Kier alpha value is -3.17. The molecule has 5 nitrogen and oxygen atoms in total. The minimum Gasteiger partial charge on any atom is -0.497 e. The van der Waals surface area contributed by atoms with Gasteiger partial charge in [0.15, 0.2) is 5.78 Å². The summed E-state index contributed by atoms with van der Waals surface area (Å²) in [5, 5.41) is 0. The van der Waals surface area contributed by atoms with Gasteiger partial charge in [0.1, 0.15) is 5.75 Å². The van der Waals surface area contributed by atoms with Crippen LogP contribution in [0.25, 0.3) is 0 Å². The fourth-order valence-electron chi connectivity index (χ4n) is 3.32. The molecule has 0 aliphatic heterocycles. The van der Waals surface area contributed by atoms with Gasteiger partial charge < -0.3 is 4.74 Å². The number of rotatable bonds is 8. The summed E-state index contributed by atoms with van der Waals surface area (Å²) in [7, 11) is 1.49. The van der Waals surface area contributed by atoms with Crippen molar-refractivity contribution in [2.24, 2.45) is 0 Å². The molecule has 0 heterocycles. The summed E-state index contributed by atoms with van der Waals surface area (Å²) >= 11 is -2.24. The van der Waals surface area contributed by atoms with Crippen LogP contribution in [0.2, 0.25) is 0 Å². The molecule has 3 rings (SSSR count). The van der Waals surface area contributed by atoms with Crippen LogP contribution in [0.3, 0.4) is 0 Å². The summed E-state index contributed by atoms with van der Waals surface area (Å²) in [6, 6.07) is 17.8. The topological polar surface area (TPSA) is 75.6 Å². The zero-order chi connectivity index (χ0) is 23.3. The number of carbonyl (C=O) groups is 1. The zero-order valence-corrected chi connectivity index (χ0v) is 17.7.